The maximum absolute atomic E-state index is 13.9. The van der Waals surface area contributed by atoms with Gasteiger partial charge in [0.25, 0.3) is 10.0 Å². The SMILES string of the molecule is CCNC(=O)C(CC)N(Cc1ccccc1Cl)C(=O)CN(c1ccc(F)cc1)S(=O)(=O)c1ccc(OC)cc1. The molecule has 0 aliphatic rings. The summed E-state index contributed by atoms with van der Waals surface area (Å²) in [5.41, 5.74) is 0.686. The largest absolute Gasteiger partial charge is 0.497 e. The van der Waals surface area contributed by atoms with Crippen LogP contribution in [0.2, 0.25) is 5.02 Å². The van der Waals surface area contributed by atoms with Crippen LogP contribution in [0, 0.1) is 5.82 Å². The fraction of sp³-hybridized carbons (Fsp3) is 0.286. The van der Waals surface area contributed by atoms with Crippen LogP contribution in [0.5, 0.6) is 5.75 Å². The molecule has 0 aliphatic heterocycles. The number of amides is 2. The second-order valence-electron chi connectivity index (χ2n) is 8.60. The number of nitrogens with zero attached hydrogens (tertiary/aromatic N) is 2. The predicted octanol–water partition coefficient (Wildman–Crippen LogP) is 4.63. The van der Waals surface area contributed by atoms with Gasteiger partial charge in [-0.05, 0) is 73.5 Å². The molecule has 3 aromatic carbocycles. The van der Waals surface area contributed by atoms with Gasteiger partial charge in [-0.15, -0.1) is 0 Å². The van der Waals surface area contributed by atoms with E-state index in [0.717, 1.165) is 16.4 Å². The van der Waals surface area contributed by atoms with Gasteiger partial charge in [0.2, 0.25) is 11.8 Å². The molecule has 0 saturated carbocycles. The zero-order chi connectivity index (χ0) is 28.6. The number of likely N-dealkylation sites (N-methyl/N-ethyl adjacent to an activating group) is 1. The van der Waals surface area contributed by atoms with Crippen molar-refractivity contribution in [3.05, 3.63) is 89.2 Å². The number of anilines is 1. The third-order valence-corrected chi connectivity index (χ3v) is 8.23. The van der Waals surface area contributed by atoms with Crippen LogP contribution < -0.4 is 14.4 Å². The number of methoxy groups -OCH3 is 1. The quantitative estimate of drug-likeness (QED) is 0.340. The molecule has 1 unspecified atom stereocenters. The van der Waals surface area contributed by atoms with E-state index in [9.17, 15) is 22.4 Å². The topological polar surface area (TPSA) is 96.0 Å². The molecule has 1 N–H and O–H groups in total. The Morgan fingerprint density at radius 2 is 1.64 bits per heavy atom. The van der Waals surface area contributed by atoms with Crippen molar-refractivity contribution in [1.82, 2.24) is 10.2 Å². The first-order valence-corrected chi connectivity index (χ1v) is 14.2. The van der Waals surface area contributed by atoms with Crippen molar-refractivity contribution < 1.29 is 27.1 Å². The lowest BCUT2D eigenvalue weighted by Crippen LogP contribution is -2.52. The van der Waals surface area contributed by atoms with Gasteiger partial charge >= 0.3 is 0 Å². The minimum Gasteiger partial charge on any atom is -0.497 e. The molecule has 0 bridgehead atoms. The molecule has 0 radical (unpaired) electrons. The van der Waals surface area contributed by atoms with E-state index in [4.69, 9.17) is 16.3 Å². The lowest BCUT2D eigenvalue weighted by molar-refractivity contribution is -0.140. The van der Waals surface area contributed by atoms with Crippen molar-refractivity contribution in [2.45, 2.75) is 37.8 Å². The molecule has 208 valence electrons. The van der Waals surface area contributed by atoms with Gasteiger partial charge in [-0.25, -0.2) is 12.8 Å². The standard InChI is InChI=1S/C28H31ClFN3O5S/c1-4-26(28(35)31-5-2)32(18-20-8-6-7-9-25(20)29)27(34)19-33(22-12-10-21(30)11-13-22)39(36,37)24-16-14-23(38-3)15-17-24/h6-17,26H,4-5,18-19H2,1-3H3,(H,31,35). The van der Waals surface area contributed by atoms with Crippen LogP contribution in [-0.4, -0.2) is 51.4 Å². The monoisotopic (exact) mass is 575 g/mol. The second kappa shape index (κ2) is 13.4. The highest BCUT2D eigenvalue weighted by Crippen LogP contribution is 2.27. The van der Waals surface area contributed by atoms with Crippen molar-refractivity contribution in [2.24, 2.45) is 0 Å². The van der Waals surface area contributed by atoms with Crippen LogP contribution in [0.15, 0.2) is 77.7 Å². The normalized spacial score (nSPS) is 11.9. The summed E-state index contributed by atoms with van der Waals surface area (Å²) in [6, 6.07) is 16.5. The Kier molecular flexibility index (Phi) is 10.3. The Balaban J connectivity index is 2.06. The molecule has 0 fully saturated rings. The van der Waals surface area contributed by atoms with Crippen molar-refractivity contribution in [3.8, 4) is 5.75 Å². The van der Waals surface area contributed by atoms with E-state index in [0.29, 0.717) is 22.9 Å². The molecule has 39 heavy (non-hydrogen) atoms. The fourth-order valence-corrected chi connectivity index (χ4v) is 5.64. The number of ether oxygens (including phenoxy) is 1. The summed E-state index contributed by atoms with van der Waals surface area (Å²) in [6.07, 6.45) is 0.282. The highest BCUT2D eigenvalue weighted by Gasteiger charge is 2.33. The molecule has 2 amide bonds. The third kappa shape index (κ3) is 7.27. The average Bonchev–Trinajstić information content (AvgIpc) is 2.93. The molecule has 3 rings (SSSR count). The molecule has 0 spiro atoms. The number of hydrogen-bond donors (Lipinski definition) is 1. The lowest BCUT2D eigenvalue weighted by atomic mass is 10.1. The van der Waals surface area contributed by atoms with Crippen molar-refractivity contribution in [3.63, 3.8) is 0 Å². The van der Waals surface area contributed by atoms with Crippen molar-refractivity contribution in [1.29, 1.82) is 0 Å². The molecule has 8 nitrogen and oxygen atoms in total. The lowest BCUT2D eigenvalue weighted by Gasteiger charge is -2.33. The fourth-order valence-electron chi connectivity index (χ4n) is 4.03. The maximum Gasteiger partial charge on any atom is 0.264 e. The van der Waals surface area contributed by atoms with Crippen LogP contribution in [-0.2, 0) is 26.2 Å². The van der Waals surface area contributed by atoms with Crippen LogP contribution in [0.3, 0.4) is 0 Å². The molecule has 0 saturated heterocycles. The van der Waals surface area contributed by atoms with E-state index < -0.39 is 34.3 Å². The number of nitrogens with one attached hydrogen (secondary N) is 1. The Morgan fingerprint density at radius 3 is 2.21 bits per heavy atom. The van der Waals surface area contributed by atoms with E-state index >= 15 is 0 Å². The summed E-state index contributed by atoms with van der Waals surface area (Å²) in [4.78, 5) is 28.1. The summed E-state index contributed by atoms with van der Waals surface area (Å²) in [5.74, 6) is -1.10. The van der Waals surface area contributed by atoms with Gasteiger partial charge < -0.3 is 15.0 Å². The Labute approximate surface area is 233 Å². The van der Waals surface area contributed by atoms with Crippen LogP contribution >= 0.6 is 11.6 Å². The molecule has 0 heterocycles. The Morgan fingerprint density at radius 1 is 1.00 bits per heavy atom. The molecule has 0 aliphatic carbocycles. The van der Waals surface area contributed by atoms with Gasteiger partial charge in [0, 0.05) is 18.1 Å². The van der Waals surface area contributed by atoms with Gasteiger partial charge in [-0.3, -0.25) is 13.9 Å². The molecule has 11 heteroatoms. The molecule has 3 aromatic rings. The maximum atomic E-state index is 13.9. The van der Waals surface area contributed by atoms with Crippen LogP contribution in [0.25, 0.3) is 0 Å². The molecular weight excluding hydrogens is 545 g/mol. The molecule has 0 aromatic heterocycles. The third-order valence-electron chi connectivity index (χ3n) is 6.08. The zero-order valence-electron chi connectivity index (χ0n) is 21.9. The smallest absolute Gasteiger partial charge is 0.264 e. The van der Waals surface area contributed by atoms with Gasteiger partial charge in [0.1, 0.15) is 24.2 Å². The average molecular weight is 576 g/mol. The summed E-state index contributed by atoms with van der Waals surface area (Å²) < 4.78 is 47.3. The van der Waals surface area contributed by atoms with E-state index in [-0.39, 0.29) is 29.5 Å². The highest BCUT2D eigenvalue weighted by atomic mass is 35.5. The first kappa shape index (κ1) is 29.9. The molecular formula is C28H31ClFN3O5S. The summed E-state index contributed by atoms with van der Waals surface area (Å²) in [7, 11) is -2.83. The minimum absolute atomic E-state index is 0.0199. The number of carbonyl (C=O) groups excluding carboxylic acids is 2. The van der Waals surface area contributed by atoms with E-state index in [1.807, 2.05) is 0 Å². The number of rotatable bonds is 12. The zero-order valence-corrected chi connectivity index (χ0v) is 23.5. The summed E-state index contributed by atoms with van der Waals surface area (Å²) in [6.45, 7) is 3.23. The Hall–Kier alpha value is -3.63. The minimum atomic E-state index is -4.28. The summed E-state index contributed by atoms with van der Waals surface area (Å²) >= 11 is 6.36. The highest BCUT2D eigenvalue weighted by molar-refractivity contribution is 7.92. The molecule has 1 atom stereocenters. The summed E-state index contributed by atoms with van der Waals surface area (Å²) in [5, 5.41) is 3.14. The Bertz CT molecular complexity index is 1390. The number of halogens is 2. The first-order valence-electron chi connectivity index (χ1n) is 12.3. The number of hydrogen-bond acceptors (Lipinski definition) is 5. The van der Waals surface area contributed by atoms with Crippen LogP contribution in [0.1, 0.15) is 25.8 Å². The van der Waals surface area contributed by atoms with Gasteiger partial charge in [0.05, 0.1) is 17.7 Å². The van der Waals surface area contributed by atoms with E-state index in [2.05, 4.69) is 5.32 Å². The van der Waals surface area contributed by atoms with E-state index in [1.54, 1.807) is 38.1 Å². The number of benzene rings is 3. The van der Waals surface area contributed by atoms with Crippen molar-refractivity contribution in [2.75, 3.05) is 24.5 Å². The number of carbonyl (C=O) groups is 2. The predicted molar refractivity (Wildman–Crippen MR) is 149 cm³/mol. The van der Waals surface area contributed by atoms with Crippen LogP contribution in [0.4, 0.5) is 10.1 Å². The second-order valence-corrected chi connectivity index (χ2v) is 10.9. The van der Waals surface area contributed by atoms with E-state index in [1.165, 1.54) is 48.4 Å². The first-order chi connectivity index (χ1) is 18.6. The van der Waals surface area contributed by atoms with Gasteiger partial charge in [-0.2, -0.15) is 0 Å². The van der Waals surface area contributed by atoms with Crippen molar-refractivity contribution >= 4 is 39.1 Å². The van der Waals surface area contributed by atoms with Gasteiger partial charge in [0.15, 0.2) is 0 Å². The number of sulfonamides is 1. The van der Waals surface area contributed by atoms with Gasteiger partial charge in [-0.1, -0.05) is 36.7 Å².